The summed E-state index contributed by atoms with van der Waals surface area (Å²) >= 11 is 0. The minimum Gasteiger partial charge on any atom is -0.426 e. The minimum atomic E-state index is -0.276. The van der Waals surface area contributed by atoms with Gasteiger partial charge in [0.25, 0.3) is 0 Å². The molecule has 0 aliphatic heterocycles. The van der Waals surface area contributed by atoms with E-state index in [0.717, 1.165) is 11.1 Å². The molecule has 1 aromatic carbocycles. The van der Waals surface area contributed by atoms with Crippen molar-refractivity contribution in [3.63, 3.8) is 0 Å². The Morgan fingerprint density at radius 1 is 1.40 bits per heavy atom. The molecule has 3 nitrogen and oxygen atoms in total. The number of para-hydroxylation sites is 1. The third kappa shape index (κ3) is 3.36. The normalized spacial score (nSPS) is 12.3. The van der Waals surface area contributed by atoms with Crippen molar-refractivity contribution in [1.29, 1.82) is 0 Å². The largest absolute Gasteiger partial charge is 0.426 e. The van der Waals surface area contributed by atoms with Crippen molar-refractivity contribution in [1.82, 2.24) is 0 Å². The highest BCUT2D eigenvalue weighted by molar-refractivity contribution is 5.73. The quantitative estimate of drug-likeness (QED) is 0.608. The third-order valence-electron chi connectivity index (χ3n) is 2.11. The molecule has 0 bridgehead atoms. The van der Waals surface area contributed by atoms with E-state index >= 15 is 0 Å². The Morgan fingerprint density at radius 2 is 1.93 bits per heavy atom. The molecule has 0 spiro atoms. The van der Waals surface area contributed by atoms with Crippen molar-refractivity contribution in [2.45, 2.75) is 33.2 Å². The summed E-state index contributed by atoms with van der Waals surface area (Å²) in [6, 6.07) is 5.61. The number of hydrogen-bond acceptors (Lipinski definition) is 3. The summed E-state index contributed by atoms with van der Waals surface area (Å²) in [6.45, 7) is 5.62. The van der Waals surface area contributed by atoms with Crippen molar-refractivity contribution in [3.05, 3.63) is 29.3 Å². The number of hydrogen-bond donors (Lipinski definition) is 1. The number of nitrogens with two attached hydrogens (primary N) is 1. The summed E-state index contributed by atoms with van der Waals surface area (Å²) in [6.07, 6.45) is 0.244. The highest BCUT2D eigenvalue weighted by Gasteiger charge is 2.11. The Balaban J connectivity index is 2.76. The predicted molar refractivity (Wildman–Crippen MR) is 59.8 cm³/mol. The summed E-state index contributed by atoms with van der Waals surface area (Å²) in [5.74, 6) is 0.380. The molecule has 0 fully saturated rings. The molecule has 3 heteroatoms. The molecule has 1 rings (SSSR count). The fourth-order valence-corrected chi connectivity index (χ4v) is 1.38. The summed E-state index contributed by atoms with van der Waals surface area (Å²) in [5, 5.41) is 0. The molecule has 15 heavy (non-hydrogen) atoms. The molecule has 0 radical (unpaired) electrons. The van der Waals surface area contributed by atoms with Gasteiger partial charge in [0.2, 0.25) is 0 Å². The summed E-state index contributed by atoms with van der Waals surface area (Å²) < 4.78 is 5.27. The van der Waals surface area contributed by atoms with Gasteiger partial charge in [-0.1, -0.05) is 18.2 Å². The molecule has 0 unspecified atom stereocenters. The number of benzene rings is 1. The molecule has 82 valence electrons. The maximum atomic E-state index is 11.4. The fraction of sp³-hybridized carbons (Fsp3) is 0.417. The number of aryl methyl sites for hydroxylation is 2. The number of carbonyl (C=O) groups is 1. The van der Waals surface area contributed by atoms with Gasteiger partial charge in [0.05, 0.1) is 6.42 Å². The van der Waals surface area contributed by atoms with Gasteiger partial charge in [-0.2, -0.15) is 0 Å². The third-order valence-corrected chi connectivity index (χ3v) is 2.11. The van der Waals surface area contributed by atoms with Crippen molar-refractivity contribution in [2.24, 2.45) is 5.73 Å². The smallest absolute Gasteiger partial charge is 0.312 e. The molecule has 0 saturated carbocycles. The number of ether oxygens (including phenoxy) is 1. The first-order valence-electron chi connectivity index (χ1n) is 5.03. The number of rotatable bonds is 3. The van der Waals surface area contributed by atoms with Gasteiger partial charge in [-0.3, -0.25) is 4.79 Å². The number of esters is 1. The van der Waals surface area contributed by atoms with E-state index in [0.29, 0.717) is 5.75 Å². The van der Waals surface area contributed by atoms with E-state index in [1.54, 1.807) is 6.92 Å². The molecule has 0 heterocycles. The Morgan fingerprint density at radius 3 is 2.40 bits per heavy atom. The number of carbonyl (C=O) groups excluding carboxylic acids is 1. The molecular weight excluding hydrogens is 190 g/mol. The Labute approximate surface area is 90.2 Å². The average Bonchev–Trinajstić information content (AvgIpc) is 2.10. The van der Waals surface area contributed by atoms with Crippen LogP contribution in [0.2, 0.25) is 0 Å². The topological polar surface area (TPSA) is 52.3 Å². The van der Waals surface area contributed by atoms with Crippen LogP contribution in [0, 0.1) is 13.8 Å². The van der Waals surface area contributed by atoms with Gasteiger partial charge in [-0.15, -0.1) is 0 Å². The zero-order valence-electron chi connectivity index (χ0n) is 9.41. The molecule has 0 aliphatic carbocycles. The second-order valence-electron chi connectivity index (χ2n) is 3.88. The Bertz CT molecular complexity index is 338. The van der Waals surface area contributed by atoms with Crippen molar-refractivity contribution in [3.8, 4) is 5.75 Å². The van der Waals surface area contributed by atoms with Crippen molar-refractivity contribution < 1.29 is 9.53 Å². The van der Waals surface area contributed by atoms with E-state index in [9.17, 15) is 4.79 Å². The predicted octanol–water partition coefficient (Wildman–Crippen LogP) is 1.95. The maximum absolute atomic E-state index is 11.4. The lowest BCUT2D eigenvalue weighted by molar-refractivity contribution is -0.134. The monoisotopic (exact) mass is 207 g/mol. The lowest BCUT2D eigenvalue weighted by atomic mass is 10.1. The summed E-state index contributed by atoms with van der Waals surface area (Å²) in [5.41, 5.74) is 7.45. The highest BCUT2D eigenvalue weighted by Crippen LogP contribution is 2.22. The second kappa shape index (κ2) is 4.94. The maximum Gasteiger partial charge on any atom is 0.312 e. The van der Waals surface area contributed by atoms with E-state index in [1.165, 1.54) is 0 Å². The van der Waals surface area contributed by atoms with Crippen LogP contribution < -0.4 is 10.5 Å². The molecule has 1 aromatic rings. The fourth-order valence-electron chi connectivity index (χ4n) is 1.38. The van der Waals surface area contributed by atoms with Crippen molar-refractivity contribution >= 4 is 5.97 Å². The summed E-state index contributed by atoms with van der Waals surface area (Å²) in [7, 11) is 0. The van der Waals surface area contributed by atoms with Gasteiger partial charge in [-0.25, -0.2) is 0 Å². The Hall–Kier alpha value is -1.35. The van der Waals surface area contributed by atoms with Gasteiger partial charge in [0, 0.05) is 6.04 Å². The van der Waals surface area contributed by atoms with Gasteiger partial charge >= 0.3 is 5.97 Å². The Kier molecular flexibility index (Phi) is 3.86. The standard InChI is InChI=1S/C12H17NO2/c1-8-5-4-6-9(2)12(8)15-11(14)7-10(3)13/h4-6,10H,7,13H2,1-3H3/t10-/m0/s1. The zero-order chi connectivity index (χ0) is 11.4. The van der Waals surface area contributed by atoms with Crippen LogP contribution in [0.5, 0.6) is 5.75 Å². The second-order valence-corrected chi connectivity index (χ2v) is 3.88. The summed E-state index contributed by atoms with van der Waals surface area (Å²) in [4.78, 5) is 11.4. The molecule has 2 N–H and O–H groups in total. The van der Waals surface area contributed by atoms with Crippen LogP contribution in [-0.4, -0.2) is 12.0 Å². The van der Waals surface area contributed by atoms with Gasteiger partial charge < -0.3 is 10.5 Å². The van der Waals surface area contributed by atoms with E-state index in [-0.39, 0.29) is 18.4 Å². The molecule has 0 aromatic heterocycles. The minimum absolute atomic E-state index is 0.165. The van der Waals surface area contributed by atoms with Crippen molar-refractivity contribution in [2.75, 3.05) is 0 Å². The van der Waals surface area contributed by atoms with Gasteiger partial charge in [0.15, 0.2) is 0 Å². The van der Waals surface area contributed by atoms with Crippen LogP contribution in [0.25, 0.3) is 0 Å². The zero-order valence-corrected chi connectivity index (χ0v) is 9.41. The van der Waals surface area contributed by atoms with Gasteiger partial charge in [-0.05, 0) is 31.9 Å². The lowest BCUT2D eigenvalue weighted by Gasteiger charge is -2.11. The van der Waals surface area contributed by atoms with Crippen LogP contribution in [0.4, 0.5) is 0 Å². The van der Waals surface area contributed by atoms with Gasteiger partial charge in [0.1, 0.15) is 5.75 Å². The molecule has 0 aliphatic rings. The average molecular weight is 207 g/mol. The van der Waals surface area contributed by atoms with Crippen LogP contribution in [-0.2, 0) is 4.79 Å². The SMILES string of the molecule is Cc1cccc(C)c1OC(=O)C[C@H](C)N. The molecule has 1 atom stereocenters. The van der Waals surface area contributed by atoms with E-state index < -0.39 is 0 Å². The van der Waals surface area contributed by atoms with Crippen LogP contribution >= 0.6 is 0 Å². The van der Waals surface area contributed by atoms with E-state index in [2.05, 4.69) is 0 Å². The van der Waals surface area contributed by atoms with E-state index in [4.69, 9.17) is 10.5 Å². The molecule has 0 saturated heterocycles. The first-order valence-corrected chi connectivity index (χ1v) is 5.03. The van der Waals surface area contributed by atoms with E-state index in [1.807, 2.05) is 32.0 Å². The first kappa shape index (κ1) is 11.7. The molecule has 0 amide bonds. The molecular formula is C12H17NO2. The van der Waals surface area contributed by atoms with Crippen LogP contribution in [0.15, 0.2) is 18.2 Å². The van der Waals surface area contributed by atoms with Crippen LogP contribution in [0.1, 0.15) is 24.5 Å². The first-order chi connectivity index (χ1) is 7.00. The highest BCUT2D eigenvalue weighted by atomic mass is 16.5. The lowest BCUT2D eigenvalue weighted by Crippen LogP contribution is -2.23. The van der Waals surface area contributed by atoms with Crippen LogP contribution in [0.3, 0.4) is 0 Å².